The van der Waals surface area contributed by atoms with Gasteiger partial charge in [0.15, 0.2) is 5.96 Å². The molecule has 1 aromatic rings. The molecule has 7 nitrogen and oxygen atoms in total. The molecule has 4 rings (SSSR count). The van der Waals surface area contributed by atoms with Gasteiger partial charge in [-0.3, -0.25) is 4.99 Å². The Bertz CT molecular complexity index is 694. The van der Waals surface area contributed by atoms with Crippen LogP contribution in [-0.4, -0.2) is 67.5 Å². The van der Waals surface area contributed by atoms with Crippen LogP contribution in [-0.2, 0) is 16.0 Å². The standard InChI is InChI=1S/C24H38N4O3/c1-25-24(27-17-19-7-6-13-26-23(19)31-21-8-2-3-9-21)28-14-11-20(12-15-28)30-18-22-10-4-5-16-29-22/h6-7,13,20-22H,2-5,8-12,14-18H2,1H3,(H,25,27). The molecule has 2 aliphatic heterocycles. The Morgan fingerprint density at radius 2 is 1.94 bits per heavy atom. The minimum atomic E-state index is 0.293. The van der Waals surface area contributed by atoms with Gasteiger partial charge in [0, 0.05) is 45.0 Å². The highest BCUT2D eigenvalue weighted by Gasteiger charge is 2.24. The maximum absolute atomic E-state index is 6.18. The highest BCUT2D eigenvalue weighted by Crippen LogP contribution is 2.25. The van der Waals surface area contributed by atoms with Gasteiger partial charge < -0.3 is 24.4 Å². The van der Waals surface area contributed by atoms with Crippen LogP contribution in [0.1, 0.15) is 63.4 Å². The molecule has 1 atom stereocenters. The lowest BCUT2D eigenvalue weighted by molar-refractivity contribution is -0.0721. The van der Waals surface area contributed by atoms with Crippen LogP contribution in [0.5, 0.6) is 5.88 Å². The first-order valence-electron chi connectivity index (χ1n) is 12.1. The third-order valence-corrected chi connectivity index (χ3v) is 6.61. The van der Waals surface area contributed by atoms with Gasteiger partial charge in [-0.1, -0.05) is 6.07 Å². The number of ether oxygens (including phenoxy) is 3. The number of rotatable bonds is 7. The Balaban J connectivity index is 1.22. The Morgan fingerprint density at radius 3 is 2.68 bits per heavy atom. The van der Waals surface area contributed by atoms with Crippen LogP contribution in [0.15, 0.2) is 23.3 Å². The molecule has 0 aromatic carbocycles. The summed E-state index contributed by atoms with van der Waals surface area (Å²) < 4.78 is 18.1. The van der Waals surface area contributed by atoms with Crippen LogP contribution in [0, 0.1) is 0 Å². The van der Waals surface area contributed by atoms with Crippen molar-refractivity contribution in [2.75, 3.05) is 33.4 Å². The third kappa shape index (κ3) is 6.56. The maximum atomic E-state index is 6.18. The van der Waals surface area contributed by atoms with Gasteiger partial charge in [-0.25, -0.2) is 4.98 Å². The van der Waals surface area contributed by atoms with Crippen molar-refractivity contribution in [3.05, 3.63) is 23.9 Å². The zero-order valence-electron chi connectivity index (χ0n) is 18.9. The van der Waals surface area contributed by atoms with Crippen LogP contribution in [0.25, 0.3) is 0 Å². The Morgan fingerprint density at radius 1 is 1.13 bits per heavy atom. The second-order valence-electron chi connectivity index (χ2n) is 8.90. The fourth-order valence-electron chi connectivity index (χ4n) is 4.75. The van der Waals surface area contributed by atoms with Crippen LogP contribution in [0.2, 0.25) is 0 Å². The predicted molar refractivity (Wildman–Crippen MR) is 121 cm³/mol. The molecule has 7 heteroatoms. The number of nitrogens with one attached hydrogen (secondary N) is 1. The summed E-state index contributed by atoms with van der Waals surface area (Å²) in [5.74, 6) is 1.69. The Kier molecular flexibility index (Phi) is 8.41. The quantitative estimate of drug-likeness (QED) is 0.527. The topological polar surface area (TPSA) is 68.2 Å². The molecule has 1 N–H and O–H groups in total. The molecule has 0 spiro atoms. The molecule has 0 amide bonds. The predicted octanol–water partition coefficient (Wildman–Crippen LogP) is 3.53. The number of nitrogens with zero attached hydrogens (tertiary/aromatic N) is 3. The van der Waals surface area contributed by atoms with Gasteiger partial charge in [-0.05, 0) is 63.9 Å². The number of piperidine rings is 1. The maximum Gasteiger partial charge on any atom is 0.218 e. The van der Waals surface area contributed by atoms with Crippen molar-refractivity contribution in [1.29, 1.82) is 0 Å². The van der Waals surface area contributed by atoms with Crippen LogP contribution >= 0.6 is 0 Å². The van der Waals surface area contributed by atoms with E-state index in [2.05, 4.69) is 26.3 Å². The fourth-order valence-corrected chi connectivity index (χ4v) is 4.75. The van der Waals surface area contributed by atoms with Crippen molar-refractivity contribution >= 4 is 5.96 Å². The molecule has 1 aromatic heterocycles. The lowest BCUT2D eigenvalue weighted by Gasteiger charge is -2.35. The number of hydrogen-bond donors (Lipinski definition) is 1. The molecule has 1 unspecified atom stereocenters. The van der Waals surface area contributed by atoms with E-state index in [0.717, 1.165) is 75.8 Å². The number of aromatic nitrogens is 1. The number of aliphatic imine (C=N–C) groups is 1. The smallest absolute Gasteiger partial charge is 0.218 e. The number of hydrogen-bond acceptors (Lipinski definition) is 5. The van der Waals surface area contributed by atoms with E-state index in [1.54, 1.807) is 0 Å². The van der Waals surface area contributed by atoms with Crippen molar-refractivity contribution in [3.63, 3.8) is 0 Å². The first-order chi connectivity index (χ1) is 15.3. The molecular weight excluding hydrogens is 392 g/mol. The number of likely N-dealkylation sites (tertiary alicyclic amines) is 1. The fraction of sp³-hybridized carbons (Fsp3) is 0.750. The molecule has 31 heavy (non-hydrogen) atoms. The summed E-state index contributed by atoms with van der Waals surface area (Å²) in [6.07, 6.45) is 13.2. The average molecular weight is 431 g/mol. The minimum Gasteiger partial charge on any atom is -0.474 e. The second kappa shape index (κ2) is 11.7. The summed E-state index contributed by atoms with van der Waals surface area (Å²) in [7, 11) is 1.85. The molecule has 0 bridgehead atoms. The highest BCUT2D eigenvalue weighted by atomic mass is 16.5. The summed E-state index contributed by atoms with van der Waals surface area (Å²) >= 11 is 0. The van der Waals surface area contributed by atoms with Crippen molar-refractivity contribution in [2.24, 2.45) is 4.99 Å². The van der Waals surface area contributed by atoms with Gasteiger partial charge in [0.25, 0.3) is 0 Å². The van der Waals surface area contributed by atoms with Crippen molar-refractivity contribution < 1.29 is 14.2 Å². The van der Waals surface area contributed by atoms with E-state index in [1.807, 2.05) is 19.3 Å². The van der Waals surface area contributed by atoms with E-state index in [0.29, 0.717) is 24.9 Å². The van der Waals surface area contributed by atoms with E-state index < -0.39 is 0 Å². The summed E-state index contributed by atoms with van der Waals surface area (Å²) in [6.45, 7) is 4.20. The van der Waals surface area contributed by atoms with Gasteiger partial charge >= 0.3 is 0 Å². The van der Waals surface area contributed by atoms with Crippen molar-refractivity contribution in [3.8, 4) is 5.88 Å². The Hall–Kier alpha value is -1.86. The summed E-state index contributed by atoms with van der Waals surface area (Å²) in [5, 5.41) is 3.51. The number of guanidine groups is 1. The molecule has 3 heterocycles. The molecule has 1 aliphatic carbocycles. The van der Waals surface area contributed by atoms with Gasteiger partial charge in [0.1, 0.15) is 6.10 Å². The van der Waals surface area contributed by atoms with E-state index >= 15 is 0 Å². The lowest BCUT2D eigenvalue weighted by Crippen LogP contribution is -2.47. The van der Waals surface area contributed by atoms with Crippen molar-refractivity contribution in [2.45, 2.75) is 82.6 Å². The molecular formula is C24H38N4O3. The van der Waals surface area contributed by atoms with E-state index in [9.17, 15) is 0 Å². The molecule has 3 fully saturated rings. The molecule has 172 valence electrons. The Labute approximate surface area is 186 Å². The van der Waals surface area contributed by atoms with E-state index in [-0.39, 0.29) is 0 Å². The SMILES string of the molecule is CN=C(NCc1cccnc1OC1CCCC1)N1CCC(OCC2CCCCO2)CC1. The third-order valence-electron chi connectivity index (χ3n) is 6.61. The molecule has 1 saturated carbocycles. The van der Waals surface area contributed by atoms with Crippen LogP contribution < -0.4 is 10.1 Å². The van der Waals surface area contributed by atoms with Crippen molar-refractivity contribution in [1.82, 2.24) is 15.2 Å². The van der Waals surface area contributed by atoms with Crippen LogP contribution in [0.3, 0.4) is 0 Å². The summed E-state index contributed by atoms with van der Waals surface area (Å²) in [4.78, 5) is 11.3. The van der Waals surface area contributed by atoms with Gasteiger partial charge in [-0.2, -0.15) is 0 Å². The molecule has 2 saturated heterocycles. The first-order valence-corrected chi connectivity index (χ1v) is 12.1. The molecule has 3 aliphatic rings. The second-order valence-corrected chi connectivity index (χ2v) is 8.90. The zero-order valence-corrected chi connectivity index (χ0v) is 18.9. The first kappa shape index (κ1) is 22.3. The van der Waals surface area contributed by atoms with Gasteiger partial charge in [0.2, 0.25) is 5.88 Å². The lowest BCUT2D eigenvalue weighted by atomic mass is 10.1. The normalized spacial score (nSPS) is 23.8. The van der Waals surface area contributed by atoms with E-state index in [4.69, 9.17) is 14.2 Å². The highest BCUT2D eigenvalue weighted by molar-refractivity contribution is 5.80. The number of pyridine rings is 1. The largest absolute Gasteiger partial charge is 0.474 e. The minimum absolute atomic E-state index is 0.293. The van der Waals surface area contributed by atoms with Gasteiger partial charge in [-0.15, -0.1) is 0 Å². The van der Waals surface area contributed by atoms with Crippen LogP contribution in [0.4, 0.5) is 0 Å². The molecule has 0 radical (unpaired) electrons. The summed E-state index contributed by atoms with van der Waals surface area (Å²) in [6, 6.07) is 4.06. The van der Waals surface area contributed by atoms with Gasteiger partial charge in [0.05, 0.1) is 18.8 Å². The zero-order chi connectivity index (χ0) is 21.3. The average Bonchev–Trinajstić information content (AvgIpc) is 3.34. The van der Waals surface area contributed by atoms with E-state index in [1.165, 1.54) is 25.7 Å². The monoisotopic (exact) mass is 430 g/mol. The summed E-state index contributed by atoms with van der Waals surface area (Å²) in [5.41, 5.74) is 1.08.